The van der Waals surface area contributed by atoms with E-state index in [-0.39, 0.29) is 5.69 Å². The van der Waals surface area contributed by atoms with Crippen molar-refractivity contribution in [2.75, 3.05) is 0 Å². The fraction of sp³-hybridized carbons (Fsp3) is 0.0870. The summed E-state index contributed by atoms with van der Waals surface area (Å²) >= 11 is 4.46. The molecule has 0 N–H and O–H groups in total. The van der Waals surface area contributed by atoms with Crippen molar-refractivity contribution in [3.63, 3.8) is 0 Å². The molecule has 0 aliphatic rings. The van der Waals surface area contributed by atoms with Gasteiger partial charge in [0.1, 0.15) is 12.4 Å². The normalized spacial score (nSPS) is 11.1. The maximum atomic E-state index is 10.8. The lowest BCUT2D eigenvalue weighted by Crippen LogP contribution is -2.00. The van der Waals surface area contributed by atoms with Gasteiger partial charge in [-0.1, -0.05) is 29.8 Å². The van der Waals surface area contributed by atoms with Gasteiger partial charge in [0.05, 0.1) is 23.7 Å². The molecule has 0 aliphatic carbocycles. The van der Waals surface area contributed by atoms with Gasteiger partial charge < -0.3 is 4.74 Å². The maximum absolute atomic E-state index is 10.8. The molecule has 5 nitrogen and oxygen atoms in total. The van der Waals surface area contributed by atoms with Crippen molar-refractivity contribution in [1.82, 2.24) is 0 Å². The zero-order chi connectivity index (χ0) is 21.7. The number of allylic oxidation sites excluding steroid dienone is 1. The number of nitro groups is 1. The smallest absolute Gasteiger partial charge is 0.269 e. The lowest BCUT2D eigenvalue weighted by Gasteiger charge is -2.12. The first-order chi connectivity index (χ1) is 14.4. The zero-order valence-corrected chi connectivity index (χ0v) is 20.2. The topological polar surface area (TPSA) is 76.2 Å². The molecule has 150 valence electrons. The molecule has 0 spiro atoms. The van der Waals surface area contributed by atoms with Crippen molar-refractivity contribution < 1.29 is 9.66 Å². The maximum Gasteiger partial charge on any atom is 0.269 e. The fourth-order valence-electron chi connectivity index (χ4n) is 2.87. The van der Waals surface area contributed by atoms with Crippen molar-refractivity contribution >= 4 is 62.5 Å². The monoisotopic (exact) mass is 622 g/mol. The van der Waals surface area contributed by atoms with Crippen molar-refractivity contribution in [3.8, 4) is 11.8 Å². The van der Waals surface area contributed by atoms with Crippen molar-refractivity contribution in [2.45, 2.75) is 13.5 Å². The summed E-state index contributed by atoms with van der Waals surface area (Å²) < 4.78 is 7.94. The van der Waals surface area contributed by atoms with Crippen LogP contribution in [0, 0.1) is 35.5 Å². The standard InChI is InChI=1S/C23H16I2N2O3/c1-15-3-2-4-16(9-15)14-30-23-21(24)11-17(12-22(23)25)10-19(13-26)18-5-7-20(8-6-18)27(28)29/h2-12H,14H2,1H3/b19-10-. The number of halogens is 2. The Balaban J connectivity index is 1.84. The van der Waals surface area contributed by atoms with Crippen LogP contribution in [0.2, 0.25) is 0 Å². The Labute approximate surface area is 201 Å². The molecule has 0 saturated carbocycles. The van der Waals surface area contributed by atoms with Crippen molar-refractivity contribution in [1.29, 1.82) is 5.26 Å². The van der Waals surface area contributed by atoms with Crippen LogP contribution >= 0.6 is 45.2 Å². The summed E-state index contributed by atoms with van der Waals surface area (Å²) in [6.45, 7) is 2.53. The van der Waals surface area contributed by atoms with E-state index in [9.17, 15) is 15.4 Å². The van der Waals surface area contributed by atoms with E-state index in [2.05, 4.69) is 70.3 Å². The molecule has 0 heterocycles. The Morgan fingerprint density at radius 2 is 1.80 bits per heavy atom. The lowest BCUT2D eigenvalue weighted by molar-refractivity contribution is -0.384. The number of benzene rings is 3. The third-order valence-corrected chi connectivity index (χ3v) is 5.91. The second-order valence-corrected chi connectivity index (χ2v) is 8.89. The van der Waals surface area contributed by atoms with Gasteiger partial charge >= 0.3 is 0 Å². The van der Waals surface area contributed by atoms with Gasteiger partial charge in [-0.15, -0.1) is 0 Å². The summed E-state index contributed by atoms with van der Waals surface area (Å²) in [7, 11) is 0. The summed E-state index contributed by atoms with van der Waals surface area (Å²) in [4.78, 5) is 10.4. The number of ether oxygens (including phenoxy) is 1. The zero-order valence-electron chi connectivity index (χ0n) is 15.9. The van der Waals surface area contributed by atoms with Gasteiger partial charge in [0.25, 0.3) is 5.69 Å². The minimum Gasteiger partial charge on any atom is -0.487 e. The van der Waals surface area contributed by atoms with Gasteiger partial charge in [0, 0.05) is 12.1 Å². The lowest BCUT2D eigenvalue weighted by atomic mass is 10.0. The highest BCUT2D eigenvalue weighted by Gasteiger charge is 2.11. The number of aryl methyl sites for hydroxylation is 1. The summed E-state index contributed by atoms with van der Waals surface area (Å²) in [6.07, 6.45) is 1.77. The molecule has 7 heteroatoms. The van der Waals surface area contributed by atoms with Gasteiger partial charge in [-0.2, -0.15) is 5.26 Å². The number of nitro benzene ring substituents is 1. The number of hydrogen-bond donors (Lipinski definition) is 0. The van der Waals surface area contributed by atoms with Crippen molar-refractivity contribution in [3.05, 3.63) is 100 Å². The van der Waals surface area contributed by atoms with E-state index in [1.165, 1.54) is 17.7 Å². The van der Waals surface area contributed by atoms with Crippen LogP contribution in [0.15, 0.2) is 60.7 Å². The van der Waals surface area contributed by atoms with Crippen LogP contribution in [0.1, 0.15) is 22.3 Å². The molecule has 3 rings (SSSR count). The van der Waals surface area contributed by atoms with Crippen LogP contribution in [0.3, 0.4) is 0 Å². The molecule has 3 aromatic carbocycles. The van der Waals surface area contributed by atoms with Crippen LogP contribution in [-0.4, -0.2) is 4.92 Å². The van der Waals surface area contributed by atoms with Crippen molar-refractivity contribution in [2.24, 2.45) is 0 Å². The minimum absolute atomic E-state index is 0.00440. The Morgan fingerprint density at radius 3 is 2.37 bits per heavy atom. The second-order valence-electron chi connectivity index (χ2n) is 6.57. The Hall–Kier alpha value is -2.45. The van der Waals surface area contributed by atoms with E-state index in [4.69, 9.17) is 4.74 Å². The molecule has 0 saturated heterocycles. The quantitative estimate of drug-likeness (QED) is 0.100. The SMILES string of the molecule is Cc1cccc(COc2c(I)cc(/C=C(/C#N)c3ccc([N+](=O)[O-])cc3)cc2I)c1. The highest BCUT2D eigenvalue weighted by molar-refractivity contribution is 14.1. The average molecular weight is 622 g/mol. The predicted molar refractivity (Wildman–Crippen MR) is 134 cm³/mol. The molecule has 30 heavy (non-hydrogen) atoms. The van der Waals surface area contributed by atoms with Crippen LogP contribution in [-0.2, 0) is 6.61 Å². The largest absolute Gasteiger partial charge is 0.487 e. The third-order valence-electron chi connectivity index (χ3n) is 4.31. The third kappa shape index (κ3) is 5.58. The minimum atomic E-state index is -0.459. The van der Waals surface area contributed by atoms with E-state index in [0.29, 0.717) is 17.7 Å². The van der Waals surface area contributed by atoms with Gasteiger partial charge in [-0.05, 0) is 99.1 Å². The van der Waals surface area contributed by atoms with Crippen LogP contribution < -0.4 is 4.74 Å². The Kier molecular flexibility index (Phi) is 7.44. The number of nitriles is 1. The molecule has 0 atom stereocenters. The number of rotatable bonds is 6. The van der Waals surface area contributed by atoms with Crippen LogP contribution in [0.4, 0.5) is 5.69 Å². The molecule has 0 fully saturated rings. The summed E-state index contributed by atoms with van der Waals surface area (Å²) in [5, 5.41) is 20.4. The van der Waals surface area contributed by atoms with E-state index in [1.54, 1.807) is 18.2 Å². The van der Waals surface area contributed by atoms with Gasteiger partial charge in [0.15, 0.2) is 0 Å². The first-order valence-electron chi connectivity index (χ1n) is 8.91. The first kappa shape index (κ1) is 22.2. The molecule has 0 bridgehead atoms. The number of hydrogen-bond acceptors (Lipinski definition) is 4. The number of non-ortho nitro benzene ring substituents is 1. The molecular formula is C23H16I2N2O3. The molecule has 3 aromatic rings. The highest BCUT2D eigenvalue weighted by atomic mass is 127. The average Bonchev–Trinajstić information content (AvgIpc) is 2.71. The molecule has 0 unspecified atom stereocenters. The predicted octanol–water partition coefficient (Wildman–Crippen LogP) is 6.76. The van der Waals surface area contributed by atoms with Gasteiger partial charge in [0.2, 0.25) is 0 Å². The Morgan fingerprint density at radius 1 is 1.13 bits per heavy atom. The second kappa shape index (κ2) is 10.0. The highest BCUT2D eigenvalue weighted by Crippen LogP contribution is 2.31. The molecule has 0 radical (unpaired) electrons. The summed E-state index contributed by atoms with van der Waals surface area (Å²) in [5.74, 6) is 0.809. The number of nitrogens with zero attached hydrogens (tertiary/aromatic N) is 2. The molecule has 0 aliphatic heterocycles. The molecular weight excluding hydrogens is 606 g/mol. The summed E-state index contributed by atoms with van der Waals surface area (Å²) in [5.41, 5.74) is 4.22. The first-order valence-corrected chi connectivity index (χ1v) is 11.1. The van der Waals surface area contributed by atoms with Crippen LogP contribution in [0.25, 0.3) is 11.6 Å². The fourth-order valence-corrected chi connectivity index (χ4v) is 5.00. The Bertz CT molecular complexity index is 1140. The van der Waals surface area contributed by atoms with Gasteiger partial charge in [-0.3, -0.25) is 10.1 Å². The van der Waals surface area contributed by atoms with E-state index < -0.39 is 4.92 Å². The van der Waals surface area contributed by atoms with E-state index in [1.807, 2.05) is 24.3 Å². The molecule has 0 aromatic heterocycles. The van der Waals surface area contributed by atoms with Gasteiger partial charge in [-0.25, -0.2) is 0 Å². The van der Waals surface area contributed by atoms with Crippen LogP contribution in [0.5, 0.6) is 5.75 Å². The van der Waals surface area contributed by atoms with E-state index in [0.717, 1.165) is 24.0 Å². The summed E-state index contributed by atoms with van der Waals surface area (Å²) in [6, 6.07) is 20.3. The molecule has 0 amide bonds. The van der Waals surface area contributed by atoms with E-state index >= 15 is 0 Å².